The van der Waals surface area contributed by atoms with E-state index in [4.69, 9.17) is 0 Å². The number of benzene rings is 1. The molecule has 0 radical (unpaired) electrons. The third-order valence-corrected chi connectivity index (χ3v) is 7.46. The average molecular weight is 363 g/mol. The molecule has 0 bridgehead atoms. The Hall–Kier alpha value is -0.960. The SMILES string of the molecule is CCS(=O)(=O)NCCNS(=O)(=O)c1c(C)c(C)c(C)c(C)c1C. The Balaban J connectivity index is 3.03. The van der Waals surface area contributed by atoms with Crippen molar-refractivity contribution in [2.24, 2.45) is 0 Å². The molecule has 0 aliphatic heterocycles. The fourth-order valence-corrected chi connectivity index (χ4v) is 4.68. The monoisotopic (exact) mass is 362 g/mol. The van der Waals surface area contributed by atoms with Crippen molar-refractivity contribution in [2.75, 3.05) is 18.8 Å². The van der Waals surface area contributed by atoms with Gasteiger partial charge in [-0.3, -0.25) is 0 Å². The Labute approximate surface area is 139 Å². The molecule has 23 heavy (non-hydrogen) atoms. The summed E-state index contributed by atoms with van der Waals surface area (Å²) in [5.74, 6) is -0.0334. The highest BCUT2D eigenvalue weighted by Crippen LogP contribution is 2.29. The summed E-state index contributed by atoms with van der Waals surface area (Å²) in [5.41, 5.74) is 4.47. The first kappa shape index (κ1) is 20.1. The number of hydrogen-bond donors (Lipinski definition) is 2. The standard InChI is InChI=1S/C15H26N2O4S2/c1-7-22(18,19)16-8-9-17-23(20,21)15-13(5)11(3)10(2)12(4)14(15)6/h16-17H,7-9H2,1-6H3. The molecule has 1 rings (SSSR count). The minimum atomic E-state index is -3.69. The molecule has 2 N–H and O–H groups in total. The van der Waals surface area contributed by atoms with E-state index in [2.05, 4.69) is 9.44 Å². The van der Waals surface area contributed by atoms with Crippen LogP contribution in [-0.4, -0.2) is 35.7 Å². The van der Waals surface area contributed by atoms with Gasteiger partial charge in [-0.2, -0.15) is 0 Å². The van der Waals surface area contributed by atoms with Crippen LogP contribution < -0.4 is 9.44 Å². The van der Waals surface area contributed by atoms with E-state index in [1.54, 1.807) is 13.8 Å². The summed E-state index contributed by atoms with van der Waals surface area (Å²) in [7, 11) is -7.01. The van der Waals surface area contributed by atoms with E-state index >= 15 is 0 Å². The van der Waals surface area contributed by atoms with Crippen LogP contribution >= 0.6 is 0 Å². The molecule has 0 aromatic heterocycles. The molecule has 1 aromatic rings. The molecule has 0 saturated carbocycles. The molecule has 0 heterocycles. The topological polar surface area (TPSA) is 92.3 Å². The van der Waals surface area contributed by atoms with Crippen molar-refractivity contribution in [3.8, 4) is 0 Å². The summed E-state index contributed by atoms with van der Waals surface area (Å²) >= 11 is 0. The highest BCUT2D eigenvalue weighted by atomic mass is 32.2. The summed E-state index contributed by atoms with van der Waals surface area (Å²) < 4.78 is 52.7. The zero-order valence-electron chi connectivity index (χ0n) is 14.6. The maximum absolute atomic E-state index is 12.6. The normalized spacial score (nSPS) is 12.6. The molecule has 0 saturated heterocycles. The van der Waals surface area contributed by atoms with Gasteiger partial charge in [-0.15, -0.1) is 0 Å². The van der Waals surface area contributed by atoms with Crippen LogP contribution in [0.25, 0.3) is 0 Å². The van der Waals surface area contributed by atoms with E-state index in [-0.39, 0.29) is 23.7 Å². The van der Waals surface area contributed by atoms with Crippen molar-refractivity contribution >= 4 is 20.0 Å². The lowest BCUT2D eigenvalue weighted by atomic mass is 9.95. The van der Waals surface area contributed by atoms with Crippen molar-refractivity contribution < 1.29 is 16.8 Å². The van der Waals surface area contributed by atoms with Gasteiger partial charge in [0.15, 0.2) is 0 Å². The molecule has 0 amide bonds. The predicted molar refractivity (Wildman–Crippen MR) is 92.8 cm³/mol. The zero-order chi connectivity index (χ0) is 18.0. The van der Waals surface area contributed by atoms with Crippen molar-refractivity contribution in [3.05, 3.63) is 27.8 Å². The van der Waals surface area contributed by atoms with Crippen LogP contribution in [0.4, 0.5) is 0 Å². The molecule has 6 nitrogen and oxygen atoms in total. The van der Waals surface area contributed by atoms with Crippen molar-refractivity contribution in [2.45, 2.75) is 46.4 Å². The second-order valence-corrected chi connectivity index (χ2v) is 9.45. The zero-order valence-corrected chi connectivity index (χ0v) is 16.2. The second-order valence-electron chi connectivity index (χ2n) is 5.65. The molecule has 132 valence electrons. The van der Waals surface area contributed by atoms with Crippen molar-refractivity contribution in [3.63, 3.8) is 0 Å². The molecule has 1 aromatic carbocycles. The molecule has 0 fully saturated rings. The predicted octanol–water partition coefficient (Wildman–Crippen LogP) is 1.45. The number of nitrogens with one attached hydrogen (secondary N) is 2. The lowest BCUT2D eigenvalue weighted by Gasteiger charge is -2.19. The molecule has 0 unspecified atom stereocenters. The molecular formula is C15H26N2O4S2. The number of rotatable bonds is 7. The third kappa shape index (κ3) is 4.53. The van der Waals surface area contributed by atoms with Gasteiger partial charge in [0.05, 0.1) is 10.6 Å². The Bertz CT molecular complexity index is 768. The lowest BCUT2D eigenvalue weighted by Crippen LogP contribution is -2.36. The Morgan fingerprint density at radius 2 is 1.09 bits per heavy atom. The van der Waals surface area contributed by atoms with E-state index in [0.717, 1.165) is 27.8 Å². The summed E-state index contributed by atoms with van der Waals surface area (Å²) in [6.07, 6.45) is 0. The molecule has 0 aliphatic rings. The lowest BCUT2D eigenvalue weighted by molar-refractivity contribution is 0.570. The van der Waals surface area contributed by atoms with Gasteiger partial charge in [-0.1, -0.05) is 0 Å². The summed E-state index contributed by atoms with van der Waals surface area (Å²) in [6.45, 7) is 10.9. The van der Waals surface area contributed by atoms with E-state index in [1.807, 2.05) is 20.8 Å². The van der Waals surface area contributed by atoms with Crippen LogP contribution in [0, 0.1) is 34.6 Å². The second kappa shape index (κ2) is 7.29. The van der Waals surface area contributed by atoms with Crippen LogP contribution in [0.2, 0.25) is 0 Å². The van der Waals surface area contributed by atoms with Gasteiger partial charge in [0.25, 0.3) is 0 Å². The Kier molecular flexibility index (Phi) is 6.37. The maximum Gasteiger partial charge on any atom is 0.241 e. The minimum Gasteiger partial charge on any atom is -0.214 e. The molecule has 0 aliphatic carbocycles. The fourth-order valence-electron chi connectivity index (χ4n) is 2.43. The molecule has 8 heteroatoms. The quantitative estimate of drug-likeness (QED) is 0.718. The molecule has 0 atom stereocenters. The number of sulfonamides is 2. The summed E-state index contributed by atoms with van der Waals surface area (Å²) in [5, 5.41) is 0. The van der Waals surface area contributed by atoms with Crippen molar-refractivity contribution in [1.29, 1.82) is 0 Å². The van der Waals surface area contributed by atoms with Gasteiger partial charge in [0.1, 0.15) is 0 Å². The highest BCUT2D eigenvalue weighted by Gasteiger charge is 2.23. The van der Waals surface area contributed by atoms with Gasteiger partial charge in [-0.25, -0.2) is 26.3 Å². The van der Waals surface area contributed by atoms with E-state index in [9.17, 15) is 16.8 Å². The first-order valence-corrected chi connectivity index (χ1v) is 10.6. The van der Waals surface area contributed by atoms with Gasteiger partial charge < -0.3 is 0 Å². The van der Waals surface area contributed by atoms with Gasteiger partial charge in [0, 0.05) is 13.1 Å². The fraction of sp³-hybridized carbons (Fsp3) is 0.600. The molecule has 0 spiro atoms. The first-order valence-electron chi connectivity index (χ1n) is 7.48. The smallest absolute Gasteiger partial charge is 0.214 e. The summed E-state index contributed by atoms with van der Waals surface area (Å²) in [6, 6.07) is 0. The van der Waals surface area contributed by atoms with E-state index in [0.29, 0.717) is 0 Å². The van der Waals surface area contributed by atoms with Gasteiger partial charge in [0.2, 0.25) is 20.0 Å². The highest BCUT2D eigenvalue weighted by molar-refractivity contribution is 7.89. The summed E-state index contributed by atoms with van der Waals surface area (Å²) in [4.78, 5) is 0.288. The van der Waals surface area contributed by atoms with E-state index < -0.39 is 20.0 Å². The van der Waals surface area contributed by atoms with E-state index in [1.165, 1.54) is 6.92 Å². The Morgan fingerprint density at radius 1 is 0.696 bits per heavy atom. The van der Waals surface area contributed by atoms with Crippen LogP contribution in [0.1, 0.15) is 34.7 Å². The largest absolute Gasteiger partial charge is 0.241 e. The first-order chi connectivity index (χ1) is 10.4. The van der Waals surface area contributed by atoms with Gasteiger partial charge >= 0.3 is 0 Å². The minimum absolute atomic E-state index is 0.00636. The van der Waals surface area contributed by atoms with Crippen LogP contribution in [0.15, 0.2) is 4.90 Å². The van der Waals surface area contributed by atoms with Gasteiger partial charge in [-0.05, 0) is 69.4 Å². The maximum atomic E-state index is 12.6. The van der Waals surface area contributed by atoms with Crippen LogP contribution in [0.5, 0.6) is 0 Å². The van der Waals surface area contributed by atoms with Crippen LogP contribution in [0.3, 0.4) is 0 Å². The van der Waals surface area contributed by atoms with Crippen molar-refractivity contribution in [1.82, 2.24) is 9.44 Å². The molecular weight excluding hydrogens is 336 g/mol. The number of hydrogen-bond acceptors (Lipinski definition) is 4. The average Bonchev–Trinajstić information content (AvgIpc) is 2.47. The third-order valence-electron chi connectivity index (χ3n) is 4.32. The Morgan fingerprint density at radius 3 is 1.52 bits per heavy atom. The van der Waals surface area contributed by atoms with Crippen LogP contribution in [-0.2, 0) is 20.0 Å².